The smallest absolute Gasteiger partial charge is 0.306 e. The van der Waals surface area contributed by atoms with Crippen molar-refractivity contribution in [2.45, 2.75) is 32.1 Å². The second-order valence-electron chi connectivity index (χ2n) is 4.89. The minimum Gasteiger partial charge on any atom is -0.481 e. The van der Waals surface area contributed by atoms with E-state index in [2.05, 4.69) is 9.46 Å². The summed E-state index contributed by atoms with van der Waals surface area (Å²) in [4.78, 5) is 21.6. The first-order valence-corrected chi connectivity index (χ1v) is 7.70. The van der Waals surface area contributed by atoms with Crippen LogP contribution in [0.15, 0.2) is 0 Å². The van der Waals surface area contributed by atoms with Gasteiger partial charge in [0.25, 0.3) is 0 Å². The Kier molecular flexibility index (Phi) is 5.30. The summed E-state index contributed by atoms with van der Waals surface area (Å²) < 4.78 is 30.1. The van der Waals surface area contributed by atoms with Crippen molar-refractivity contribution in [1.82, 2.24) is 4.72 Å². The van der Waals surface area contributed by atoms with Gasteiger partial charge < -0.3 is 9.84 Å². The third-order valence-corrected chi connectivity index (χ3v) is 4.74. The van der Waals surface area contributed by atoms with Crippen LogP contribution in [0.3, 0.4) is 0 Å². The molecule has 0 bridgehead atoms. The van der Waals surface area contributed by atoms with Crippen molar-refractivity contribution in [1.29, 1.82) is 0 Å². The minimum atomic E-state index is -3.58. The molecular weight excluding hydrogens is 274 g/mol. The molecule has 0 aliphatic heterocycles. The number of carbonyl (C=O) groups is 2. The summed E-state index contributed by atoms with van der Waals surface area (Å²) in [5, 5.41) is 8.81. The van der Waals surface area contributed by atoms with Gasteiger partial charge in [0.1, 0.15) is 0 Å². The highest BCUT2D eigenvalue weighted by atomic mass is 32.2. The van der Waals surface area contributed by atoms with Crippen molar-refractivity contribution in [2.75, 3.05) is 19.4 Å². The third-order valence-electron chi connectivity index (χ3n) is 3.41. The molecule has 0 heterocycles. The number of sulfonamides is 1. The highest BCUT2D eigenvalue weighted by Gasteiger charge is 2.39. The molecule has 0 aromatic heterocycles. The Morgan fingerprint density at radius 3 is 2.42 bits per heavy atom. The zero-order valence-corrected chi connectivity index (χ0v) is 11.7. The van der Waals surface area contributed by atoms with Gasteiger partial charge in [-0.1, -0.05) is 6.42 Å². The molecule has 0 radical (unpaired) electrons. The molecule has 1 aliphatic carbocycles. The number of hydrogen-bond acceptors (Lipinski definition) is 5. The largest absolute Gasteiger partial charge is 0.481 e. The molecule has 0 amide bonds. The zero-order chi connectivity index (χ0) is 14.5. The number of aliphatic carboxylic acids is 1. The summed E-state index contributed by atoms with van der Waals surface area (Å²) in [6, 6.07) is 0. The molecule has 1 fully saturated rings. The molecular formula is C11H19NO6S. The molecule has 0 aromatic carbocycles. The zero-order valence-electron chi connectivity index (χ0n) is 10.8. The number of methoxy groups -OCH3 is 1. The Morgan fingerprint density at radius 2 is 2.00 bits per heavy atom. The summed E-state index contributed by atoms with van der Waals surface area (Å²) in [6.45, 7) is 0.114. The van der Waals surface area contributed by atoms with Gasteiger partial charge in [-0.15, -0.1) is 0 Å². The predicted molar refractivity (Wildman–Crippen MR) is 67.0 cm³/mol. The van der Waals surface area contributed by atoms with Crippen LogP contribution < -0.4 is 4.72 Å². The summed E-state index contributed by atoms with van der Waals surface area (Å²) in [7, 11) is -2.38. The number of ether oxygens (including phenoxy) is 1. The van der Waals surface area contributed by atoms with Crippen LogP contribution in [0.1, 0.15) is 32.1 Å². The minimum absolute atomic E-state index is 0.0352. The Labute approximate surface area is 112 Å². The molecule has 1 rings (SSSR count). The number of nitrogens with one attached hydrogen (secondary N) is 1. The molecule has 1 aliphatic rings. The van der Waals surface area contributed by atoms with Gasteiger partial charge in [0.15, 0.2) is 0 Å². The van der Waals surface area contributed by atoms with E-state index in [0.29, 0.717) is 12.8 Å². The van der Waals surface area contributed by atoms with Crippen LogP contribution >= 0.6 is 0 Å². The predicted octanol–water partition coefficient (Wildman–Crippen LogP) is 0.114. The Balaban J connectivity index is 2.45. The van der Waals surface area contributed by atoms with E-state index >= 15 is 0 Å². The van der Waals surface area contributed by atoms with Gasteiger partial charge in [-0.3, -0.25) is 9.59 Å². The van der Waals surface area contributed by atoms with E-state index in [0.717, 1.165) is 6.42 Å². The number of carboxylic acid groups (broad SMARTS) is 1. The van der Waals surface area contributed by atoms with Crippen LogP contribution in [0, 0.1) is 5.41 Å². The second kappa shape index (κ2) is 6.33. The van der Waals surface area contributed by atoms with Crippen molar-refractivity contribution in [3.05, 3.63) is 0 Å². The average Bonchev–Trinajstić information content (AvgIpc) is 2.29. The number of carboxylic acids is 1. The van der Waals surface area contributed by atoms with Crippen LogP contribution in [0.4, 0.5) is 0 Å². The number of rotatable bonds is 8. The SMILES string of the molecule is COC(=O)CCS(=O)(=O)NCC1(CC(=O)O)CCC1. The van der Waals surface area contributed by atoms with Gasteiger partial charge in [0.2, 0.25) is 10.0 Å². The maximum Gasteiger partial charge on any atom is 0.306 e. The lowest BCUT2D eigenvalue weighted by molar-refractivity contribution is -0.141. The molecule has 2 N–H and O–H groups in total. The van der Waals surface area contributed by atoms with Crippen molar-refractivity contribution in [2.24, 2.45) is 5.41 Å². The quantitative estimate of drug-likeness (QED) is 0.615. The lowest BCUT2D eigenvalue weighted by Gasteiger charge is -2.40. The van der Waals surface area contributed by atoms with Gasteiger partial charge in [-0.05, 0) is 18.3 Å². The molecule has 110 valence electrons. The first-order valence-electron chi connectivity index (χ1n) is 6.05. The lowest BCUT2D eigenvalue weighted by atomic mass is 9.67. The van der Waals surface area contributed by atoms with Crippen LogP contribution in [-0.2, 0) is 24.3 Å². The van der Waals surface area contributed by atoms with Gasteiger partial charge >= 0.3 is 11.9 Å². The van der Waals surface area contributed by atoms with Crippen molar-refractivity contribution >= 4 is 22.0 Å². The van der Waals surface area contributed by atoms with Crippen molar-refractivity contribution in [3.8, 4) is 0 Å². The van der Waals surface area contributed by atoms with Crippen molar-refractivity contribution < 1.29 is 27.9 Å². The van der Waals surface area contributed by atoms with Gasteiger partial charge in [-0.2, -0.15) is 0 Å². The molecule has 1 saturated carbocycles. The van der Waals surface area contributed by atoms with Crippen LogP contribution in [0.5, 0.6) is 0 Å². The Morgan fingerprint density at radius 1 is 1.37 bits per heavy atom. The fraction of sp³-hybridized carbons (Fsp3) is 0.818. The molecule has 0 aromatic rings. The third kappa shape index (κ3) is 5.15. The molecule has 19 heavy (non-hydrogen) atoms. The first-order chi connectivity index (χ1) is 8.79. The summed E-state index contributed by atoms with van der Waals surface area (Å²) in [6.07, 6.45) is 2.08. The molecule has 7 nitrogen and oxygen atoms in total. The standard InChI is InChI=1S/C11H19NO6S/c1-18-10(15)3-6-19(16,17)12-8-11(4-2-5-11)7-9(13)14/h12H,2-8H2,1H3,(H,13,14). The summed E-state index contributed by atoms with van der Waals surface area (Å²) in [5.41, 5.74) is -0.468. The number of hydrogen-bond donors (Lipinski definition) is 2. The summed E-state index contributed by atoms with van der Waals surface area (Å²) >= 11 is 0. The van der Waals surface area contributed by atoms with Crippen LogP contribution in [0.2, 0.25) is 0 Å². The number of esters is 1. The van der Waals surface area contributed by atoms with E-state index < -0.39 is 27.4 Å². The maximum atomic E-state index is 11.7. The molecule has 0 saturated heterocycles. The van der Waals surface area contributed by atoms with Crippen LogP contribution in [0.25, 0.3) is 0 Å². The van der Waals surface area contributed by atoms with E-state index in [1.54, 1.807) is 0 Å². The van der Waals surface area contributed by atoms with E-state index in [1.165, 1.54) is 7.11 Å². The summed E-state index contributed by atoms with van der Waals surface area (Å²) in [5.74, 6) is -1.86. The maximum absolute atomic E-state index is 11.7. The van der Waals surface area contributed by atoms with Crippen LogP contribution in [-0.4, -0.2) is 44.9 Å². The first kappa shape index (κ1) is 15.9. The fourth-order valence-electron chi connectivity index (χ4n) is 2.07. The number of carbonyl (C=O) groups excluding carboxylic acids is 1. The highest BCUT2D eigenvalue weighted by molar-refractivity contribution is 7.89. The highest BCUT2D eigenvalue weighted by Crippen LogP contribution is 2.43. The molecule has 8 heteroatoms. The molecule has 0 unspecified atom stereocenters. The topological polar surface area (TPSA) is 110 Å². The van der Waals surface area contributed by atoms with E-state index in [9.17, 15) is 18.0 Å². The van der Waals surface area contributed by atoms with Gasteiger partial charge in [0, 0.05) is 6.54 Å². The van der Waals surface area contributed by atoms with E-state index in [-0.39, 0.29) is 25.1 Å². The Hall–Kier alpha value is -1.15. The monoisotopic (exact) mass is 293 g/mol. The Bertz CT molecular complexity index is 440. The van der Waals surface area contributed by atoms with E-state index in [4.69, 9.17) is 5.11 Å². The van der Waals surface area contributed by atoms with E-state index in [1.807, 2.05) is 0 Å². The fourth-order valence-corrected chi connectivity index (χ4v) is 3.17. The normalized spacial score (nSPS) is 17.5. The van der Waals surface area contributed by atoms with Gasteiger partial charge in [-0.25, -0.2) is 13.1 Å². The molecule has 0 atom stereocenters. The average molecular weight is 293 g/mol. The van der Waals surface area contributed by atoms with Crippen molar-refractivity contribution in [3.63, 3.8) is 0 Å². The second-order valence-corrected chi connectivity index (χ2v) is 6.82. The van der Waals surface area contributed by atoms with Gasteiger partial charge in [0.05, 0.1) is 25.7 Å². The lowest BCUT2D eigenvalue weighted by Crippen LogP contribution is -2.44. The molecule has 0 spiro atoms.